The van der Waals surface area contributed by atoms with Crippen LogP contribution in [0, 0.1) is 0 Å². The van der Waals surface area contributed by atoms with E-state index in [1.165, 1.54) is 27.6 Å². The maximum absolute atomic E-state index is 12.6. The van der Waals surface area contributed by atoms with Crippen LogP contribution < -0.4 is 5.32 Å². The van der Waals surface area contributed by atoms with E-state index in [1.807, 2.05) is 0 Å². The largest absolute Gasteiger partial charge is 0.349 e. The number of para-hydroxylation sites is 1. The lowest BCUT2D eigenvalue weighted by molar-refractivity contribution is -0.121. The van der Waals surface area contributed by atoms with Gasteiger partial charge in [-0.15, -0.1) is 0 Å². The van der Waals surface area contributed by atoms with Crippen molar-refractivity contribution in [3.63, 3.8) is 0 Å². The molecule has 1 amide bonds. The minimum atomic E-state index is 0.153. The van der Waals surface area contributed by atoms with Crippen LogP contribution in [0.3, 0.4) is 0 Å². The zero-order valence-electron chi connectivity index (χ0n) is 15.4. The minimum absolute atomic E-state index is 0.153. The van der Waals surface area contributed by atoms with Gasteiger partial charge >= 0.3 is 0 Å². The number of nitrogens with zero attached hydrogens (tertiary/aromatic N) is 1. The van der Waals surface area contributed by atoms with Crippen LogP contribution >= 0.6 is 0 Å². The standard InChI is InChI=1S/C23H26N2O/c1-2-25-16-18(20-11-5-6-13-22(20)25)14-15-23(26)24-21-12-7-9-17-8-3-4-10-19(17)21/h3-6,8,10-11,13,16,21H,2,7,9,12,14-15H2,1H3,(H,24,26). The van der Waals surface area contributed by atoms with E-state index in [9.17, 15) is 4.79 Å². The summed E-state index contributed by atoms with van der Waals surface area (Å²) < 4.78 is 2.26. The van der Waals surface area contributed by atoms with Gasteiger partial charge in [0.2, 0.25) is 5.91 Å². The first-order valence-electron chi connectivity index (χ1n) is 9.70. The van der Waals surface area contributed by atoms with Crippen molar-refractivity contribution < 1.29 is 4.79 Å². The van der Waals surface area contributed by atoms with Crippen molar-refractivity contribution in [1.82, 2.24) is 9.88 Å². The van der Waals surface area contributed by atoms with E-state index in [0.29, 0.717) is 6.42 Å². The first-order chi connectivity index (χ1) is 12.8. The first kappa shape index (κ1) is 16.9. The number of nitrogens with one attached hydrogen (secondary N) is 1. The van der Waals surface area contributed by atoms with Gasteiger partial charge in [-0.25, -0.2) is 0 Å². The van der Waals surface area contributed by atoms with Crippen molar-refractivity contribution in [2.75, 3.05) is 0 Å². The Morgan fingerprint density at radius 1 is 1.15 bits per heavy atom. The van der Waals surface area contributed by atoms with Gasteiger partial charge in [0, 0.05) is 30.1 Å². The average Bonchev–Trinajstić information content (AvgIpc) is 3.05. The Hall–Kier alpha value is -2.55. The Morgan fingerprint density at radius 3 is 2.85 bits per heavy atom. The highest BCUT2D eigenvalue weighted by Gasteiger charge is 2.21. The first-order valence-corrected chi connectivity index (χ1v) is 9.70. The molecular weight excluding hydrogens is 320 g/mol. The molecule has 0 bridgehead atoms. The number of hydrogen-bond donors (Lipinski definition) is 1. The summed E-state index contributed by atoms with van der Waals surface area (Å²) in [6, 6.07) is 17.1. The van der Waals surface area contributed by atoms with Crippen LogP contribution in [-0.2, 0) is 24.2 Å². The molecule has 0 saturated heterocycles. The molecule has 1 aliphatic rings. The van der Waals surface area contributed by atoms with Gasteiger partial charge in [0.1, 0.15) is 0 Å². The van der Waals surface area contributed by atoms with Crippen LogP contribution in [0.1, 0.15) is 48.9 Å². The maximum Gasteiger partial charge on any atom is 0.220 e. The van der Waals surface area contributed by atoms with Crippen LogP contribution in [0.5, 0.6) is 0 Å². The molecule has 3 nitrogen and oxygen atoms in total. The molecule has 2 aromatic carbocycles. The van der Waals surface area contributed by atoms with Gasteiger partial charge < -0.3 is 9.88 Å². The Morgan fingerprint density at radius 2 is 1.96 bits per heavy atom. The molecule has 1 aromatic heterocycles. The monoisotopic (exact) mass is 346 g/mol. The van der Waals surface area contributed by atoms with Gasteiger partial charge in [-0.3, -0.25) is 4.79 Å². The number of hydrogen-bond acceptors (Lipinski definition) is 1. The molecule has 26 heavy (non-hydrogen) atoms. The van der Waals surface area contributed by atoms with Crippen molar-refractivity contribution in [1.29, 1.82) is 0 Å². The van der Waals surface area contributed by atoms with Gasteiger partial charge in [-0.05, 0) is 55.4 Å². The molecule has 1 aliphatic carbocycles. The third-order valence-corrected chi connectivity index (χ3v) is 5.54. The van der Waals surface area contributed by atoms with Gasteiger partial charge in [0.25, 0.3) is 0 Å². The van der Waals surface area contributed by atoms with Gasteiger partial charge in [-0.2, -0.15) is 0 Å². The second-order valence-corrected chi connectivity index (χ2v) is 7.17. The molecule has 0 saturated carbocycles. The summed E-state index contributed by atoms with van der Waals surface area (Å²) in [6.45, 7) is 3.11. The summed E-state index contributed by atoms with van der Waals surface area (Å²) in [7, 11) is 0. The van der Waals surface area contributed by atoms with Crippen molar-refractivity contribution in [2.45, 2.75) is 51.6 Å². The van der Waals surface area contributed by atoms with Crippen molar-refractivity contribution in [3.8, 4) is 0 Å². The Balaban J connectivity index is 1.44. The molecule has 1 N–H and O–H groups in total. The summed E-state index contributed by atoms with van der Waals surface area (Å²) in [5.41, 5.74) is 5.21. The second-order valence-electron chi connectivity index (χ2n) is 7.17. The van der Waals surface area contributed by atoms with Crippen LogP contribution in [0.2, 0.25) is 0 Å². The molecule has 3 aromatic rings. The molecule has 0 fully saturated rings. The number of fused-ring (bicyclic) bond motifs is 2. The minimum Gasteiger partial charge on any atom is -0.349 e. The van der Waals surface area contributed by atoms with E-state index < -0.39 is 0 Å². The summed E-state index contributed by atoms with van der Waals surface area (Å²) in [6.07, 6.45) is 6.83. The normalized spacial score (nSPS) is 16.4. The lowest BCUT2D eigenvalue weighted by Crippen LogP contribution is -2.31. The topological polar surface area (TPSA) is 34.0 Å². The third kappa shape index (κ3) is 3.26. The highest BCUT2D eigenvalue weighted by molar-refractivity contribution is 5.85. The fourth-order valence-electron chi connectivity index (χ4n) is 4.20. The number of carbonyl (C=O) groups is 1. The fourth-order valence-corrected chi connectivity index (χ4v) is 4.20. The van der Waals surface area contributed by atoms with E-state index in [0.717, 1.165) is 32.2 Å². The molecular formula is C23H26N2O. The molecule has 4 rings (SSSR count). The summed E-state index contributed by atoms with van der Waals surface area (Å²) in [5.74, 6) is 0.153. The molecule has 0 spiro atoms. The molecule has 1 unspecified atom stereocenters. The third-order valence-electron chi connectivity index (χ3n) is 5.54. The lowest BCUT2D eigenvalue weighted by Gasteiger charge is -2.26. The summed E-state index contributed by atoms with van der Waals surface area (Å²) in [5, 5.41) is 4.54. The highest BCUT2D eigenvalue weighted by atomic mass is 16.1. The predicted molar refractivity (Wildman–Crippen MR) is 106 cm³/mol. The van der Waals surface area contributed by atoms with E-state index in [1.54, 1.807) is 0 Å². The molecule has 1 atom stereocenters. The van der Waals surface area contributed by atoms with Crippen LogP contribution in [0.15, 0.2) is 54.7 Å². The Labute approximate surface area is 155 Å². The van der Waals surface area contributed by atoms with Crippen LogP contribution in [0.25, 0.3) is 10.9 Å². The number of aryl methyl sites for hydroxylation is 3. The SMILES string of the molecule is CCn1cc(CCC(=O)NC2CCCc3ccccc32)c2ccccc21. The van der Waals surface area contributed by atoms with Gasteiger partial charge in [0.15, 0.2) is 0 Å². The molecule has 3 heteroatoms. The molecule has 1 heterocycles. The average molecular weight is 346 g/mol. The number of carbonyl (C=O) groups excluding carboxylic acids is 1. The van der Waals surface area contributed by atoms with E-state index in [4.69, 9.17) is 0 Å². The summed E-state index contributed by atoms with van der Waals surface area (Å²) in [4.78, 5) is 12.6. The van der Waals surface area contributed by atoms with Crippen molar-refractivity contribution in [2.24, 2.45) is 0 Å². The number of aromatic nitrogens is 1. The smallest absolute Gasteiger partial charge is 0.220 e. The Bertz CT molecular complexity index is 925. The van der Waals surface area contributed by atoms with E-state index in [-0.39, 0.29) is 11.9 Å². The molecule has 134 valence electrons. The zero-order valence-corrected chi connectivity index (χ0v) is 15.4. The lowest BCUT2D eigenvalue weighted by atomic mass is 9.87. The molecule has 0 radical (unpaired) electrons. The second kappa shape index (κ2) is 7.36. The van der Waals surface area contributed by atoms with E-state index >= 15 is 0 Å². The number of amides is 1. The Kier molecular flexibility index (Phi) is 4.79. The highest BCUT2D eigenvalue weighted by Crippen LogP contribution is 2.29. The van der Waals surface area contributed by atoms with Crippen LogP contribution in [0.4, 0.5) is 0 Å². The fraction of sp³-hybridized carbons (Fsp3) is 0.348. The van der Waals surface area contributed by atoms with Crippen molar-refractivity contribution >= 4 is 16.8 Å². The summed E-state index contributed by atoms with van der Waals surface area (Å²) >= 11 is 0. The quantitative estimate of drug-likeness (QED) is 0.708. The number of benzene rings is 2. The van der Waals surface area contributed by atoms with E-state index in [2.05, 4.69) is 71.5 Å². The molecule has 0 aliphatic heterocycles. The maximum atomic E-state index is 12.6. The van der Waals surface area contributed by atoms with Crippen LogP contribution in [-0.4, -0.2) is 10.5 Å². The van der Waals surface area contributed by atoms with Crippen molar-refractivity contribution in [3.05, 3.63) is 71.4 Å². The predicted octanol–water partition coefficient (Wildman–Crippen LogP) is 4.79. The van der Waals surface area contributed by atoms with Gasteiger partial charge in [-0.1, -0.05) is 42.5 Å². The number of rotatable bonds is 5. The van der Waals surface area contributed by atoms with Gasteiger partial charge in [0.05, 0.1) is 6.04 Å². The zero-order chi connectivity index (χ0) is 17.9.